The fourth-order valence-electron chi connectivity index (χ4n) is 2.97. The van der Waals surface area contributed by atoms with Crippen molar-refractivity contribution in [2.75, 3.05) is 5.32 Å². The van der Waals surface area contributed by atoms with Crippen molar-refractivity contribution in [3.05, 3.63) is 89.0 Å². The molecule has 3 aromatic carbocycles. The maximum atomic E-state index is 12.6. The lowest BCUT2D eigenvalue weighted by Crippen LogP contribution is -2.12. The molecule has 1 heterocycles. The first-order chi connectivity index (χ1) is 14.0. The van der Waals surface area contributed by atoms with Gasteiger partial charge in [-0.1, -0.05) is 29.8 Å². The van der Waals surface area contributed by atoms with E-state index in [1.165, 1.54) is 5.56 Å². The van der Waals surface area contributed by atoms with Crippen molar-refractivity contribution < 1.29 is 9.21 Å². The van der Waals surface area contributed by atoms with E-state index in [9.17, 15) is 4.79 Å². The van der Waals surface area contributed by atoms with Gasteiger partial charge in [-0.2, -0.15) is 0 Å². The van der Waals surface area contributed by atoms with Crippen molar-refractivity contribution in [2.45, 2.75) is 20.8 Å². The number of hydrogen-bond donors (Lipinski definition) is 1. The Labute approximate surface area is 169 Å². The van der Waals surface area contributed by atoms with Crippen LogP contribution in [0.25, 0.3) is 22.9 Å². The molecule has 5 heteroatoms. The number of anilines is 1. The van der Waals surface area contributed by atoms with Crippen LogP contribution < -0.4 is 5.32 Å². The molecule has 0 saturated heterocycles. The number of hydrogen-bond acceptors (Lipinski definition) is 4. The van der Waals surface area contributed by atoms with Crippen LogP contribution >= 0.6 is 0 Å². The molecule has 0 saturated carbocycles. The van der Waals surface area contributed by atoms with Crippen molar-refractivity contribution in [1.82, 2.24) is 10.2 Å². The van der Waals surface area contributed by atoms with E-state index in [4.69, 9.17) is 4.42 Å². The number of amides is 1. The van der Waals surface area contributed by atoms with Crippen LogP contribution in [0.2, 0.25) is 0 Å². The van der Waals surface area contributed by atoms with Gasteiger partial charge in [0.05, 0.1) is 0 Å². The van der Waals surface area contributed by atoms with E-state index < -0.39 is 0 Å². The third-order valence-electron chi connectivity index (χ3n) is 4.86. The van der Waals surface area contributed by atoms with Gasteiger partial charge >= 0.3 is 0 Å². The van der Waals surface area contributed by atoms with Crippen LogP contribution in [0.4, 0.5) is 5.69 Å². The summed E-state index contributed by atoms with van der Waals surface area (Å²) in [7, 11) is 0. The SMILES string of the molecule is Cc1ccc(-c2nnc(-c3cccc(NC(=O)c4ccc(C)c(C)c4)c3)o2)cc1. The minimum Gasteiger partial charge on any atom is -0.416 e. The highest BCUT2D eigenvalue weighted by molar-refractivity contribution is 6.04. The summed E-state index contributed by atoms with van der Waals surface area (Å²) in [4.78, 5) is 12.6. The Bertz CT molecular complexity index is 1180. The van der Waals surface area contributed by atoms with E-state index >= 15 is 0 Å². The lowest BCUT2D eigenvalue weighted by atomic mass is 10.1. The fourth-order valence-corrected chi connectivity index (χ4v) is 2.97. The fraction of sp³-hybridized carbons (Fsp3) is 0.125. The summed E-state index contributed by atoms with van der Waals surface area (Å²) in [5.41, 5.74) is 6.31. The third kappa shape index (κ3) is 4.09. The minimum atomic E-state index is -0.156. The van der Waals surface area contributed by atoms with E-state index in [-0.39, 0.29) is 5.91 Å². The highest BCUT2D eigenvalue weighted by atomic mass is 16.4. The molecule has 0 spiro atoms. The van der Waals surface area contributed by atoms with Gasteiger partial charge in [0.15, 0.2) is 0 Å². The Morgan fingerprint density at radius 1 is 0.793 bits per heavy atom. The number of aryl methyl sites for hydroxylation is 3. The summed E-state index contributed by atoms with van der Waals surface area (Å²) < 4.78 is 5.83. The van der Waals surface area contributed by atoms with Gasteiger partial charge in [-0.25, -0.2) is 0 Å². The zero-order chi connectivity index (χ0) is 20.4. The van der Waals surface area contributed by atoms with E-state index in [1.54, 1.807) is 0 Å². The first-order valence-corrected chi connectivity index (χ1v) is 9.39. The Balaban J connectivity index is 1.55. The van der Waals surface area contributed by atoms with Gasteiger partial charge in [0.25, 0.3) is 5.91 Å². The smallest absolute Gasteiger partial charge is 0.255 e. The van der Waals surface area contributed by atoms with Crippen LogP contribution in [-0.4, -0.2) is 16.1 Å². The molecule has 4 aromatic rings. The highest BCUT2D eigenvalue weighted by Gasteiger charge is 2.12. The van der Waals surface area contributed by atoms with Gasteiger partial charge < -0.3 is 9.73 Å². The van der Waals surface area contributed by atoms with Gasteiger partial charge in [-0.3, -0.25) is 4.79 Å². The molecule has 0 unspecified atom stereocenters. The van der Waals surface area contributed by atoms with Crippen molar-refractivity contribution in [3.8, 4) is 22.9 Å². The molecule has 0 fully saturated rings. The maximum Gasteiger partial charge on any atom is 0.255 e. The molecule has 0 aliphatic heterocycles. The number of carbonyl (C=O) groups excluding carboxylic acids is 1. The zero-order valence-electron chi connectivity index (χ0n) is 16.6. The quantitative estimate of drug-likeness (QED) is 0.499. The second-order valence-corrected chi connectivity index (χ2v) is 7.11. The van der Waals surface area contributed by atoms with Crippen molar-refractivity contribution in [2.24, 2.45) is 0 Å². The summed E-state index contributed by atoms with van der Waals surface area (Å²) in [5, 5.41) is 11.2. The molecule has 5 nitrogen and oxygen atoms in total. The second-order valence-electron chi connectivity index (χ2n) is 7.11. The molecule has 1 amide bonds. The average Bonchev–Trinajstić information content (AvgIpc) is 3.21. The summed E-state index contributed by atoms with van der Waals surface area (Å²) in [6, 6.07) is 21.0. The molecule has 4 rings (SSSR count). The van der Waals surface area contributed by atoms with Crippen LogP contribution in [0, 0.1) is 20.8 Å². The number of aromatic nitrogens is 2. The minimum absolute atomic E-state index is 0.156. The van der Waals surface area contributed by atoms with Gasteiger partial charge in [-0.05, 0) is 74.4 Å². The number of benzene rings is 3. The third-order valence-corrected chi connectivity index (χ3v) is 4.86. The van der Waals surface area contributed by atoms with Crippen molar-refractivity contribution in [3.63, 3.8) is 0 Å². The predicted octanol–water partition coefficient (Wildman–Crippen LogP) is 5.58. The lowest BCUT2D eigenvalue weighted by molar-refractivity contribution is 0.102. The van der Waals surface area contributed by atoms with Gasteiger partial charge in [-0.15, -0.1) is 10.2 Å². The average molecular weight is 383 g/mol. The van der Waals surface area contributed by atoms with Gasteiger partial charge in [0.2, 0.25) is 11.8 Å². The molecule has 0 atom stereocenters. The standard InChI is InChI=1S/C24H21N3O2/c1-15-7-10-18(11-8-15)23-26-27-24(29-23)20-5-4-6-21(14-20)25-22(28)19-12-9-16(2)17(3)13-19/h4-14H,1-3H3,(H,25,28). The first kappa shape index (κ1) is 18.6. The summed E-state index contributed by atoms with van der Waals surface area (Å²) in [5.74, 6) is 0.712. The monoisotopic (exact) mass is 383 g/mol. The molecule has 1 aromatic heterocycles. The Hall–Kier alpha value is -3.73. The molecular weight excluding hydrogens is 362 g/mol. The number of nitrogens with zero attached hydrogens (tertiary/aromatic N) is 2. The second kappa shape index (κ2) is 7.72. The molecule has 0 aliphatic rings. The topological polar surface area (TPSA) is 68.0 Å². The van der Waals surface area contributed by atoms with Crippen LogP contribution in [0.5, 0.6) is 0 Å². The molecular formula is C24H21N3O2. The van der Waals surface area contributed by atoms with E-state index in [1.807, 2.05) is 87.5 Å². The zero-order valence-corrected chi connectivity index (χ0v) is 16.6. The van der Waals surface area contributed by atoms with Crippen molar-refractivity contribution >= 4 is 11.6 Å². The van der Waals surface area contributed by atoms with Gasteiger partial charge in [0, 0.05) is 22.4 Å². The number of carbonyl (C=O) groups is 1. The molecule has 1 N–H and O–H groups in total. The van der Waals surface area contributed by atoms with Crippen molar-refractivity contribution in [1.29, 1.82) is 0 Å². The first-order valence-electron chi connectivity index (χ1n) is 9.39. The van der Waals surface area contributed by atoms with E-state index in [0.717, 1.165) is 22.3 Å². The van der Waals surface area contributed by atoms with Crippen LogP contribution in [-0.2, 0) is 0 Å². The summed E-state index contributed by atoms with van der Waals surface area (Å²) in [6.45, 7) is 6.05. The predicted molar refractivity (Wildman–Crippen MR) is 114 cm³/mol. The van der Waals surface area contributed by atoms with Crippen LogP contribution in [0.1, 0.15) is 27.0 Å². The largest absolute Gasteiger partial charge is 0.416 e. The molecule has 29 heavy (non-hydrogen) atoms. The van der Waals surface area contributed by atoms with E-state index in [2.05, 4.69) is 15.5 Å². The number of rotatable bonds is 4. The Morgan fingerprint density at radius 2 is 1.52 bits per heavy atom. The van der Waals surface area contributed by atoms with Crippen LogP contribution in [0.3, 0.4) is 0 Å². The molecule has 0 radical (unpaired) electrons. The Morgan fingerprint density at radius 3 is 2.24 bits per heavy atom. The molecule has 144 valence electrons. The normalized spacial score (nSPS) is 10.7. The van der Waals surface area contributed by atoms with Crippen LogP contribution in [0.15, 0.2) is 71.1 Å². The van der Waals surface area contributed by atoms with Gasteiger partial charge in [0.1, 0.15) is 0 Å². The highest BCUT2D eigenvalue weighted by Crippen LogP contribution is 2.26. The maximum absolute atomic E-state index is 12.6. The Kier molecular flexibility index (Phi) is 4.96. The summed E-state index contributed by atoms with van der Waals surface area (Å²) >= 11 is 0. The molecule has 0 aliphatic carbocycles. The van der Waals surface area contributed by atoms with E-state index in [0.29, 0.717) is 23.0 Å². The summed E-state index contributed by atoms with van der Waals surface area (Å²) in [6.07, 6.45) is 0. The number of nitrogens with one attached hydrogen (secondary N) is 1. The molecule has 0 bridgehead atoms. The lowest BCUT2D eigenvalue weighted by Gasteiger charge is -2.08.